The maximum Gasteiger partial charge on any atom is 0.234 e. The number of hydrogen-bond acceptors (Lipinski definition) is 4. The third-order valence-electron chi connectivity index (χ3n) is 4.37. The molecule has 1 atom stereocenters. The fourth-order valence-corrected chi connectivity index (χ4v) is 3.22. The Labute approximate surface area is 137 Å². The number of carbonyl (C=O) groups excluding carboxylic acids is 1. The Morgan fingerprint density at radius 2 is 2.09 bits per heavy atom. The van der Waals surface area contributed by atoms with Gasteiger partial charge in [0, 0.05) is 12.6 Å². The first-order valence-electron chi connectivity index (χ1n) is 8.54. The Kier molecular flexibility index (Phi) is 5.06. The van der Waals surface area contributed by atoms with E-state index in [2.05, 4.69) is 36.2 Å². The highest BCUT2D eigenvalue weighted by molar-refractivity contribution is 5.78. The normalized spacial score (nSPS) is 20.7. The quantitative estimate of drug-likeness (QED) is 0.905. The first kappa shape index (κ1) is 16.1. The molecule has 0 aliphatic carbocycles. The van der Waals surface area contributed by atoms with Crippen molar-refractivity contribution in [2.45, 2.75) is 32.7 Å². The van der Waals surface area contributed by atoms with Gasteiger partial charge in [0.05, 0.1) is 6.54 Å². The second-order valence-electron chi connectivity index (χ2n) is 6.73. The summed E-state index contributed by atoms with van der Waals surface area (Å²) in [5, 5.41) is 3.01. The van der Waals surface area contributed by atoms with Gasteiger partial charge in [-0.2, -0.15) is 0 Å². The van der Waals surface area contributed by atoms with Crippen LogP contribution in [0.3, 0.4) is 0 Å². The van der Waals surface area contributed by atoms with E-state index in [1.165, 1.54) is 5.56 Å². The van der Waals surface area contributed by atoms with Gasteiger partial charge in [0.2, 0.25) is 5.91 Å². The molecular weight excluding hydrogens is 292 g/mol. The van der Waals surface area contributed by atoms with Gasteiger partial charge in [0.25, 0.3) is 0 Å². The van der Waals surface area contributed by atoms with Crippen molar-refractivity contribution < 1.29 is 14.3 Å². The molecule has 0 aromatic heterocycles. The molecule has 1 aromatic rings. The molecule has 0 unspecified atom stereocenters. The van der Waals surface area contributed by atoms with E-state index < -0.39 is 0 Å². The highest BCUT2D eigenvalue weighted by Crippen LogP contribution is 2.37. The molecule has 5 heteroatoms. The van der Waals surface area contributed by atoms with Crippen molar-refractivity contribution in [2.75, 3.05) is 32.8 Å². The maximum atomic E-state index is 12.1. The lowest BCUT2D eigenvalue weighted by atomic mass is 10.0. The van der Waals surface area contributed by atoms with Crippen LogP contribution in [0.1, 0.15) is 38.3 Å². The van der Waals surface area contributed by atoms with Crippen LogP contribution in [-0.4, -0.2) is 43.7 Å². The van der Waals surface area contributed by atoms with Gasteiger partial charge < -0.3 is 14.8 Å². The predicted molar refractivity (Wildman–Crippen MR) is 88.8 cm³/mol. The van der Waals surface area contributed by atoms with Crippen LogP contribution in [0, 0.1) is 5.92 Å². The summed E-state index contributed by atoms with van der Waals surface area (Å²) < 4.78 is 11.3. The average Bonchev–Trinajstić information content (AvgIpc) is 3.00. The summed E-state index contributed by atoms with van der Waals surface area (Å²) in [5.41, 5.74) is 1.21. The zero-order chi connectivity index (χ0) is 16.2. The van der Waals surface area contributed by atoms with Gasteiger partial charge in [-0.3, -0.25) is 9.69 Å². The minimum Gasteiger partial charge on any atom is -0.486 e. The van der Waals surface area contributed by atoms with Crippen LogP contribution in [0.4, 0.5) is 0 Å². The number of nitrogens with one attached hydrogen (secondary N) is 1. The molecule has 0 saturated carbocycles. The number of rotatable bonds is 5. The number of ether oxygens (including phenoxy) is 2. The zero-order valence-electron chi connectivity index (χ0n) is 14.0. The van der Waals surface area contributed by atoms with Crippen LogP contribution in [0.25, 0.3) is 0 Å². The smallest absolute Gasteiger partial charge is 0.234 e. The lowest BCUT2D eigenvalue weighted by Crippen LogP contribution is -2.38. The number of hydrogen-bond donors (Lipinski definition) is 1. The monoisotopic (exact) mass is 318 g/mol. The van der Waals surface area contributed by atoms with Gasteiger partial charge in [0.1, 0.15) is 13.2 Å². The Hall–Kier alpha value is -1.75. The molecule has 3 rings (SSSR count). The average molecular weight is 318 g/mol. The van der Waals surface area contributed by atoms with E-state index in [-0.39, 0.29) is 11.9 Å². The summed E-state index contributed by atoms with van der Waals surface area (Å²) in [6.45, 7) is 7.59. The van der Waals surface area contributed by atoms with Gasteiger partial charge in [-0.05, 0) is 43.0 Å². The van der Waals surface area contributed by atoms with Gasteiger partial charge in [-0.15, -0.1) is 0 Å². The van der Waals surface area contributed by atoms with Gasteiger partial charge >= 0.3 is 0 Å². The summed E-state index contributed by atoms with van der Waals surface area (Å²) in [7, 11) is 0. The van der Waals surface area contributed by atoms with E-state index >= 15 is 0 Å². The molecular formula is C18H26N2O3. The molecule has 5 nitrogen and oxygen atoms in total. The zero-order valence-corrected chi connectivity index (χ0v) is 14.0. The fraction of sp³-hybridized carbons (Fsp3) is 0.611. The number of amides is 1. The second-order valence-corrected chi connectivity index (χ2v) is 6.73. The number of likely N-dealkylation sites (tertiary alicyclic amines) is 1. The molecule has 2 aliphatic rings. The molecule has 1 aromatic carbocycles. The standard InChI is InChI=1S/C18H26N2O3/c1-13(2)11-19-18(21)12-20-7-3-4-15(20)14-5-6-16-17(10-14)23-9-8-22-16/h5-6,10,13,15H,3-4,7-9,11-12H2,1-2H3,(H,19,21)/t15-/m0/s1. The third kappa shape index (κ3) is 3.96. The van der Waals surface area contributed by atoms with E-state index in [0.717, 1.165) is 37.4 Å². The summed E-state index contributed by atoms with van der Waals surface area (Å²) in [4.78, 5) is 14.4. The van der Waals surface area contributed by atoms with Crippen LogP contribution in [0.15, 0.2) is 18.2 Å². The van der Waals surface area contributed by atoms with Crippen LogP contribution in [0.2, 0.25) is 0 Å². The summed E-state index contributed by atoms with van der Waals surface area (Å²) >= 11 is 0. The summed E-state index contributed by atoms with van der Waals surface area (Å²) in [6.07, 6.45) is 2.20. The predicted octanol–water partition coefficient (Wildman–Crippen LogP) is 2.37. The molecule has 1 fully saturated rings. The highest BCUT2D eigenvalue weighted by atomic mass is 16.6. The molecule has 2 heterocycles. The topological polar surface area (TPSA) is 50.8 Å². The molecule has 0 spiro atoms. The van der Waals surface area contributed by atoms with Crippen molar-refractivity contribution in [3.63, 3.8) is 0 Å². The van der Waals surface area contributed by atoms with E-state index in [0.29, 0.717) is 25.7 Å². The van der Waals surface area contributed by atoms with E-state index in [4.69, 9.17) is 9.47 Å². The van der Waals surface area contributed by atoms with Crippen LogP contribution in [0.5, 0.6) is 11.5 Å². The molecule has 126 valence electrons. The van der Waals surface area contributed by atoms with Crippen molar-refractivity contribution in [2.24, 2.45) is 5.92 Å². The van der Waals surface area contributed by atoms with Crippen molar-refractivity contribution in [1.82, 2.24) is 10.2 Å². The van der Waals surface area contributed by atoms with Gasteiger partial charge in [-0.25, -0.2) is 0 Å². The lowest BCUT2D eigenvalue weighted by Gasteiger charge is -2.26. The van der Waals surface area contributed by atoms with Crippen molar-refractivity contribution in [3.8, 4) is 11.5 Å². The number of carbonyl (C=O) groups is 1. The van der Waals surface area contributed by atoms with Crippen LogP contribution >= 0.6 is 0 Å². The molecule has 1 N–H and O–H groups in total. The Balaban J connectivity index is 1.65. The minimum absolute atomic E-state index is 0.114. The summed E-state index contributed by atoms with van der Waals surface area (Å²) in [5.74, 6) is 2.23. The molecule has 23 heavy (non-hydrogen) atoms. The first-order chi connectivity index (χ1) is 11.1. The summed E-state index contributed by atoms with van der Waals surface area (Å²) in [6, 6.07) is 6.45. The largest absolute Gasteiger partial charge is 0.486 e. The van der Waals surface area contributed by atoms with E-state index in [1.54, 1.807) is 0 Å². The van der Waals surface area contributed by atoms with Crippen molar-refractivity contribution >= 4 is 5.91 Å². The number of benzene rings is 1. The van der Waals surface area contributed by atoms with Crippen LogP contribution < -0.4 is 14.8 Å². The first-order valence-corrected chi connectivity index (χ1v) is 8.54. The van der Waals surface area contributed by atoms with Crippen molar-refractivity contribution in [3.05, 3.63) is 23.8 Å². The molecule has 0 radical (unpaired) electrons. The number of fused-ring (bicyclic) bond motifs is 1. The molecule has 2 aliphatic heterocycles. The molecule has 0 bridgehead atoms. The third-order valence-corrected chi connectivity index (χ3v) is 4.37. The SMILES string of the molecule is CC(C)CNC(=O)CN1CCC[C@H]1c1ccc2c(c1)OCCO2. The lowest BCUT2D eigenvalue weighted by molar-refractivity contribution is -0.122. The van der Waals surface area contributed by atoms with E-state index in [9.17, 15) is 4.79 Å². The maximum absolute atomic E-state index is 12.1. The van der Waals surface area contributed by atoms with Crippen LogP contribution in [-0.2, 0) is 4.79 Å². The fourth-order valence-electron chi connectivity index (χ4n) is 3.22. The second kappa shape index (κ2) is 7.21. The Morgan fingerprint density at radius 1 is 1.30 bits per heavy atom. The Morgan fingerprint density at radius 3 is 2.87 bits per heavy atom. The molecule has 1 amide bonds. The van der Waals surface area contributed by atoms with Gasteiger partial charge in [-0.1, -0.05) is 19.9 Å². The van der Waals surface area contributed by atoms with Crippen molar-refractivity contribution in [1.29, 1.82) is 0 Å². The number of nitrogens with zero attached hydrogens (tertiary/aromatic N) is 1. The van der Waals surface area contributed by atoms with E-state index in [1.807, 2.05) is 6.07 Å². The molecule has 1 saturated heterocycles. The van der Waals surface area contributed by atoms with Gasteiger partial charge in [0.15, 0.2) is 11.5 Å². The highest BCUT2D eigenvalue weighted by Gasteiger charge is 2.28. The minimum atomic E-state index is 0.114. The Bertz CT molecular complexity index is 559.